The van der Waals surface area contributed by atoms with Crippen LogP contribution in [0.3, 0.4) is 0 Å². The molecule has 6 heteroatoms. The minimum Gasteiger partial charge on any atom is -0.507 e. The van der Waals surface area contributed by atoms with E-state index in [1.54, 1.807) is 12.1 Å². The SMILES string of the molecule is O=C(Nc1ccc(C(c2c(O)c3c(oc2=O)CCCCCC3)C2CC2)cc1)OCc1ccccc1. The average Bonchev–Trinajstić information content (AvgIpc) is 3.68. The first-order chi connectivity index (χ1) is 17.1. The summed E-state index contributed by atoms with van der Waals surface area (Å²) in [6, 6.07) is 16.9. The number of benzene rings is 2. The first-order valence-corrected chi connectivity index (χ1v) is 12.6. The number of carbonyl (C=O) groups is 1. The summed E-state index contributed by atoms with van der Waals surface area (Å²) in [7, 11) is 0. The Kier molecular flexibility index (Phi) is 6.89. The quantitative estimate of drug-likeness (QED) is 0.439. The van der Waals surface area contributed by atoms with Gasteiger partial charge in [-0.15, -0.1) is 0 Å². The lowest BCUT2D eigenvalue weighted by Gasteiger charge is -2.21. The normalized spacial score (nSPS) is 16.5. The number of anilines is 1. The van der Waals surface area contributed by atoms with Crippen molar-refractivity contribution in [1.82, 2.24) is 0 Å². The monoisotopic (exact) mass is 473 g/mol. The number of ether oxygens (including phenoxy) is 1. The molecule has 5 rings (SSSR count). The molecule has 2 aliphatic rings. The number of nitrogens with one attached hydrogen (secondary N) is 1. The van der Waals surface area contributed by atoms with E-state index in [0.717, 1.165) is 61.6 Å². The molecule has 0 bridgehead atoms. The van der Waals surface area contributed by atoms with Crippen LogP contribution in [-0.2, 0) is 24.2 Å². The fourth-order valence-electron chi connectivity index (χ4n) is 5.05. The molecule has 2 aromatic carbocycles. The van der Waals surface area contributed by atoms with Gasteiger partial charge in [0.15, 0.2) is 0 Å². The number of aromatic hydroxyl groups is 1. The predicted molar refractivity (Wildman–Crippen MR) is 134 cm³/mol. The van der Waals surface area contributed by atoms with Gasteiger partial charge in [0.05, 0.1) is 5.56 Å². The highest BCUT2D eigenvalue weighted by Crippen LogP contribution is 2.48. The first-order valence-electron chi connectivity index (χ1n) is 12.6. The Labute approximate surface area is 204 Å². The van der Waals surface area contributed by atoms with Gasteiger partial charge in [0, 0.05) is 23.6 Å². The molecule has 3 aromatic rings. The summed E-state index contributed by atoms with van der Waals surface area (Å²) in [5.74, 6) is 0.854. The zero-order chi connectivity index (χ0) is 24.2. The van der Waals surface area contributed by atoms with Gasteiger partial charge in [0.2, 0.25) is 0 Å². The van der Waals surface area contributed by atoms with Crippen LogP contribution < -0.4 is 10.9 Å². The van der Waals surface area contributed by atoms with Crippen molar-refractivity contribution in [3.05, 3.63) is 93.0 Å². The number of hydrogen-bond donors (Lipinski definition) is 2. The average molecular weight is 474 g/mol. The molecular weight excluding hydrogens is 442 g/mol. The second-order valence-corrected chi connectivity index (χ2v) is 9.59. The van der Waals surface area contributed by atoms with Crippen LogP contribution in [0, 0.1) is 5.92 Å². The molecule has 1 atom stereocenters. The smallest absolute Gasteiger partial charge is 0.411 e. The van der Waals surface area contributed by atoms with Crippen molar-refractivity contribution >= 4 is 11.8 Å². The maximum atomic E-state index is 13.1. The summed E-state index contributed by atoms with van der Waals surface area (Å²) in [4.78, 5) is 25.3. The number of carbonyl (C=O) groups excluding carboxylic acids is 1. The van der Waals surface area contributed by atoms with E-state index in [-0.39, 0.29) is 18.3 Å². The van der Waals surface area contributed by atoms with Crippen molar-refractivity contribution in [1.29, 1.82) is 0 Å². The molecule has 1 saturated carbocycles. The number of rotatable bonds is 6. The van der Waals surface area contributed by atoms with Crippen LogP contribution >= 0.6 is 0 Å². The van der Waals surface area contributed by atoms with E-state index < -0.39 is 11.7 Å². The Morgan fingerprint density at radius 1 is 1.00 bits per heavy atom. The zero-order valence-corrected chi connectivity index (χ0v) is 19.8. The van der Waals surface area contributed by atoms with Gasteiger partial charge in [-0.2, -0.15) is 0 Å². The molecule has 0 spiro atoms. The summed E-state index contributed by atoms with van der Waals surface area (Å²) < 4.78 is 11.1. The molecule has 1 heterocycles. The Hall–Kier alpha value is -3.54. The van der Waals surface area contributed by atoms with Crippen LogP contribution in [0.5, 0.6) is 5.75 Å². The second-order valence-electron chi connectivity index (χ2n) is 9.59. The van der Waals surface area contributed by atoms with E-state index in [1.165, 1.54) is 0 Å². The fraction of sp³-hybridized carbons (Fsp3) is 0.379. The Morgan fingerprint density at radius 2 is 1.71 bits per heavy atom. The van der Waals surface area contributed by atoms with Crippen LogP contribution in [0.15, 0.2) is 63.8 Å². The molecule has 1 amide bonds. The number of aryl methyl sites for hydroxylation is 1. The van der Waals surface area contributed by atoms with Gasteiger partial charge < -0.3 is 14.3 Å². The third kappa shape index (κ3) is 5.42. The molecule has 1 unspecified atom stereocenters. The van der Waals surface area contributed by atoms with Crippen LogP contribution in [0.25, 0.3) is 0 Å². The summed E-state index contributed by atoms with van der Waals surface area (Å²) in [6.07, 6.45) is 7.14. The lowest BCUT2D eigenvalue weighted by Crippen LogP contribution is -2.19. The highest BCUT2D eigenvalue weighted by Gasteiger charge is 2.38. The largest absolute Gasteiger partial charge is 0.507 e. The Morgan fingerprint density at radius 3 is 2.43 bits per heavy atom. The maximum Gasteiger partial charge on any atom is 0.411 e. The van der Waals surface area contributed by atoms with E-state index in [0.29, 0.717) is 29.3 Å². The topological polar surface area (TPSA) is 88.8 Å². The number of amides is 1. The highest BCUT2D eigenvalue weighted by atomic mass is 16.5. The van der Waals surface area contributed by atoms with E-state index in [9.17, 15) is 14.7 Å². The van der Waals surface area contributed by atoms with Crippen molar-refractivity contribution in [2.75, 3.05) is 5.32 Å². The van der Waals surface area contributed by atoms with E-state index in [4.69, 9.17) is 9.15 Å². The Bertz CT molecular complexity index is 1230. The van der Waals surface area contributed by atoms with E-state index in [1.807, 2.05) is 42.5 Å². The predicted octanol–water partition coefficient (Wildman–Crippen LogP) is 6.30. The number of fused-ring (bicyclic) bond motifs is 1. The third-order valence-corrected chi connectivity index (χ3v) is 7.03. The second kappa shape index (κ2) is 10.4. The van der Waals surface area contributed by atoms with Crippen molar-refractivity contribution in [3.63, 3.8) is 0 Å². The van der Waals surface area contributed by atoms with Crippen molar-refractivity contribution in [2.24, 2.45) is 5.92 Å². The van der Waals surface area contributed by atoms with Gasteiger partial charge >= 0.3 is 11.7 Å². The van der Waals surface area contributed by atoms with Crippen molar-refractivity contribution in [2.45, 2.75) is 63.9 Å². The van der Waals surface area contributed by atoms with Gasteiger partial charge in [-0.3, -0.25) is 5.32 Å². The van der Waals surface area contributed by atoms with Crippen LogP contribution in [0.1, 0.15) is 72.5 Å². The molecule has 1 fully saturated rings. The lowest BCUT2D eigenvalue weighted by atomic mass is 9.85. The molecule has 182 valence electrons. The maximum absolute atomic E-state index is 13.1. The highest BCUT2D eigenvalue weighted by molar-refractivity contribution is 5.84. The van der Waals surface area contributed by atoms with Crippen molar-refractivity contribution in [3.8, 4) is 5.75 Å². The van der Waals surface area contributed by atoms with Crippen molar-refractivity contribution < 1.29 is 19.1 Å². The molecule has 0 saturated heterocycles. The molecule has 2 N–H and O–H groups in total. The molecule has 2 aliphatic carbocycles. The van der Waals surface area contributed by atoms with Crippen LogP contribution in [0.4, 0.5) is 10.5 Å². The fourth-order valence-corrected chi connectivity index (χ4v) is 5.05. The summed E-state index contributed by atoms with van der Waals surface area (Å²) in [5, 5.41) is 14.0. The summed E-state index contributed by atoms with van der Waals surface area (Å²) >= 11 is 0. The van der Waals surface area contributed by atoms with E-state index >= 15 is 0 Å². The van der Waals surface area contributed by atoms with Gasteiger partial charge in [-0.25, -0.2) is 9.59 Å². The first kappa shape index (κ1) is 23.2. The Balaban J connectivity index is 1.34. The van der Waals surface area contributed by atoms with Gasteiger partial charge in [0.25, 0.3) is 0 Å². The third-order valence-electron chi connectivity index (χ3n) is 7.03. The summed E-state index contributed by atoms with van der Waals surface area (Å²) in [5.41, 5.74) is 3.23. The molecule has 1 aromatic heterocycles. The van der Waals surface area contributed by atoms with Gasteiger partial charge in [0.1, 0.15) is 18.1 Å². The van der Waals surface area contributed by atoms with E-state index in [2.05, 4.69) is 5.32 Å². The minimum atomic E-state index is -0.527. The molecule has 6 nitrogen and oxygen atoms in total. The van der Waals surface area contributed by atoms with Crippen LogP contribution in [-0.4, -0.2) is 11.2 Å². The number of hydrogen-bond acceptors (Lipinski definition) is 5. The lowest BCUT2D eigenvalue weighted by molar-refractivity contribution is 0.155. The molecular formula is C29H31NO5. The standard InChI is InChI=1S/C29H31NO5/c31-27-23-10-6-1-2-7-11-24(23)35-28(32)26(27)25(20-12-13-20)21-14-16-22(17-15-21)30-29(33)34-18-19-8-4-3-5-9-19/h3-5,8-9,14-17,20,25,31H,1-2,6-7,10-13,18H2,(H,30,33). The summed E-state index contributed by atoms with van der Waals surface area (Å²) in [6.45, 7) is 0.196. The molecule has 0 aliphatic heterocycles. The van der Waals surface area contributed by atoms with Crippen LogP contribution in [0.2, 0.25) is 0 Å². The zero-order valence-electron chi connectivity index (χ0n) is 19.8. The molecule has 35 heavy (non-hydrogen) atoms. The van der Waals surface area contributed by atoms with Gasteiger partial charge in [-0.1, -0.05) is 55.3 Å². The van der Waals surface area contributed by atoms with Gasteiger partial charge in [-0.05, 0) is 61.3 Å². The molecule has 0 radical (unpaired) electrons. The minimum absolute atomic E-state index is 0.127.